The number of hydrogen-bond donors (Lipinski definition) is 1. The highest BCUT2D eigenvalue weighted by atomic mass is 35.5. The third kappa shape index (κ3) is 3.89. The molecule has 1 atom stereocenters. The Morgan fingerprint density at radius 1 is 1.42 bits per heavy atom. The van der Waals surface area contributed by atoms with Crippen LogP contribution < -0.4 is 0 Å². The van der Waals surface area contributed by atoms with Crippen molar-refractivity contribution in [2.24, 2.45) is 0 Å². The number of aliphatic hydroxyl groups is 1. The van der Waals surface area contributed by atoms with Gasteiger partial charge in [0, 0.05) is 24.7 Å². The second kappa shape index (κ2) is 6.66. The predicted molar refractivity (Wildman–Crippen MR) is 73.2 cm³/mol. The van der Waals surface area contributed by atoms with Gasteiger partial charge in [0.1, 0.15) is 5.67 Å². The number of nitrogens with zero attached hydrogens (tertiary/aromatic N) is 1. The van der Waals surface area contributed by atoms with Gasteiger partial charge in [0.15, 0.2) is 0 Å². The first-order valence-corrected chi connectivity index (χ1v) is 6.88. The molecule has 1 fully saturated rings. The van der Waals surface area contributed by atoms with Gasteiger partial charge < -0.3 is 9.84 Å². The number of ether oxygens (including phenoxy) is 1. The third-order valence-electron chi connectivity index (χ3n) is 3.43. The molecule has 0 aromatic heterocycles. The van der Waals surface area contributed by atoms with E-state index < -0.39 is 5.67 Å². The highest BCUT2D eigenvalue weighted by molar-refractivity contribution is 6.30. The molecule has 1 saturated heterocycles. The summed E-state index contributed by atoms with van der Waals surface area (Å²) in [6, 6.07) is 7.03. The molecule has 0 spiro atoms. The molecule has 3 nitrogen and oxygen atoms in total. The number of benzene rings is 1. The van der Waals surface area contributed by atoms with E-state index in [1.54, 1.807) is 24.3 Å². The standard InChI is InChI=1S/C14H19ClFNO2/c15-13-3-1-2-12(10-13)14(16)4-5-17(11-14)6-8-19-9-7-18/h1-3,10,18H,4-9,11H2/t14-/m1/s1. The molecule has 0 aliphatic carbocycles. The van der Waals surface area contributed by atoms with Crippen LogP contribution in [-0.4, -0.2) is 49.5 Å². The normalized spacial score (nSPS) is 23.9. The van der Waals surface area contributed by atoms with Crippen molar-refractivity contribution in [1.29, 1.82) is 0 Å². The maximum atomic E-state index is 14.9. The Balaban J connectivity index is 1.89. The first-order chi connectivity index (χ1) is 9.14. The number of rotatable bonds is 6. The molecule has 1 aliphatic heterocycles. The summed E-state index contributed by atoms with van der Waals surface area (Å²) in [5.74, 6) is 0. The van der Waals surface area contributed by atoms with Crippen LogP contribution >= 0.6 is 11.6 Å². The molecule has 1 aromatic rings. The first-order valence-electron chi connectivity index (χ1n) is 6.50. The van der Waals surface area contributed by atoms with E-state index >= 15 is 0 Å². The van der Waals surface area contributed by atoms with Crippen molar-refractivity contribution in [2.75, 3.05) is 39.5 Å². The van der Waals surface area contributed by atoms with Crippen LogP contribution in [0.2, 0.25) is 5.02 Å². The molecule has 0 saturated carbocycles. The monoisotopic (exact) mass is 287 g/mol. The zero-order valence-corrected chi connectivity index (χ0v) is 11.6. The summed E-state index contributed by atoms with van der Waals surface area (Å²) >= 11 is 5.92. The maximum Gasteiger partial charge on any atom is 0.149 e. The van der Waals surface area contributed by atoms with Crippen molar-refractivity contribution in [2.45, 2.75) is 12.1 Å². The first kappa shape index (κ1) is 14.7. The van der Waals surface area contributed by atoms with E-state index in [1.165, 1.54) is 0 Å². The van der Waals surface area contributed by atoms with E-state index in [1.807, 2.05) is 4.90 Å². The molecule has 1 heterocycles. The van der Waals surface area contributed by atoms with Crippen molar-refractivity contribution in [3.8, 4) is 0 Å². The average Bonchev–Trinajstić information content (AvgIpc) is 2.78. The van der Waals surface area contributed by atoms with Gasteiger partial charge in [-0.05, 0) is 24.1 Å². The summed E-state index contributed by atoms with van der Waals surface area (Å²) < 4.78 is 20.1. The van der Waals surface area contributed by atoms with Crippen molar-refractivity contribution < 1.29 is 14.2 Å². The minimum absolute atomic E-state index is 0.0234. The highest BCUT2D eigenvalue weighted by Crippen LogP contribution is 2.36. The molecule has 0 amide bonds. The van der Waals surface area contributed by atoms with E-state index in [0.717, 1.165) is 0 Å². The summed E-state index contributed by atoms with van der Waals surface area (Å²) in [4.78, 5) is 2.04. The molecule has 19 heavy (non-hydrogen) atoms. The van der Waals surface area contributed by atoms with Gasteiger partial charge >= 0.3 is 0 Å². The Morgan fingerprint density at radius 3 is 3.00 bits per heavy atom. The Morgan fingerprint density at radius 2 is 2.26 bits per heavy atom. The number of alkyl halides is 1. The van der Waals surface area contributed by atoms with Gasteiger partial charge in [-0.3, -0.25) is 4.90 Å². The van der Waals surface area contributed by atoms with Crippen molar-refractivity contribution in [1.82, 2.24) is 4.90 Å². The molecule has 106 valence electrons. The summed E-state index contributed by atoms with van der Waals surface area (Å²) in [6.07, 6.45) is 0.480. The molecule has 0 unspecified atom stereocenters. The summed E-state index contributed by atoms with van der Waals surface area (Å²) in [5, 5.41) is 9.17. The minimum Gasteiger partial charge on any atom is -0.394 e. The minimum atomic E-state index is -1.32. The lowest BCUT2D eigenvalue weighted by Crippen LogP contribution is -2.30. The SMILES string of the molecule is OCCOCCN1CC[C@](F)(c2cccc(Cl)c2)C1. The fraction of sp³-hybridized carbons (Fsp3) is 0.571. The fourth-order valence-corrected chi connectivity index (χ4v) is 2.59. The van der Waals surface area contributed by atoms with Crippen LogP contribution in [0.25, 0.3) is 0 Å². The van der Waals surface area contributed by atoms with Gasteiger partial charge in [0.25, 0.3) is 0 Å². The molecular weight excluding hydrogens is 269 g/mol. The topological polar surface area (TPSA) is 32.7 Å². The molecule has 1 N–H and O–H groups in total. The summed E-state index contributed by atoms with van der Waals surface area (Å²) in [5.41, 5.74) is -0.666. The molecule has 1 aromatic carbocycles. The predicted octanol–water partition coefficient (Wildman–Crippen LogP) is 2.22. The van der Waals surface area contributed by atoms with Gasteiger partial charge in [0.05, 0.1) is 19.8 Å². The zero-order valence-electron chi connectivity index (χ0n) is 10.8. The van der Waals surface area contributed by atoms with Crippen molar-refractivity contribution in [3.63, 3.8) is 0 Å². The van der Waals surface area contributed by atoms with E-state index in [9.17, 15) is 4.39 Å². The number of halogens is 2. The second-order valence-corrected chi connectivity index (χ2v) is 5.27. The lowest BCUT2D eigenvalue weighted by molar-refractivity contribution is 0.0733. The van der Waals surface area contributed by atoms with Crippen LogP contribution in [0.4, 0.5) is 4.39 Å². The Labute approximate surface area is 117 Å². The van der Waals surface area contributed by atoms with E-state index in [0.29, 0.717) is 49.9 Å². The smallest absolute Gasteiger partial charge is 0.149 e. The van der Waals surface area contributed by atoms with Crippen LogP contribution in [-0.2, 0) is 10.4 Å². The average molecular weight is 288 g/mol. The molecule has 0 radical (unpaired) electrons. The van der Waals surface area contributed by atoms with E-state index in [4.69, 9.17) is 21.4 Å². The summed E-state index contributed by atoms with van der Waals surface area (Å²) in [7, 11) is 0. The van der Waals surface area contributed by atoms with Crippen LogP contribution in [0.15, 0.2) is 24.3 Å². The highest BCUT2D eigenvalue weighted by Gasteiger charge is 2.39. The molecular formula is C14H19ClFNO2. The zero-order chi connectivity index (χ0) is 13.7. The lowest BCUT2D eigenvalue weighted by atomic mass is 9.95. The summed E-state index contributed by atoms with van der Waals surface area (Å²) in [6.45, 7) is 2.65. The Kier molecular flexibility index (Phi) is 5.16. The van der Waals surface area contributed by atoms with E-state index in [-0.39, 0.29) is 6.61 Å². The van der Waals surface area contributed by atoms with Gasteiger partial charge in [-0.1, -0.05) is 23.7 Å². The Bertz CT molecular complexity index is 418. The van der Waals surface area contributed by atoms with E-state index in [2.05, 4.69) is 0 Å². The molecule has 0 bridgehead atoms. The maximum absolute atomic E-state index is 14.9. The van der Waals surface area contributed by atoms with Crippen LogP contribution in [0, 0.1) is 0 Å². The number of hydrogen-bond acceptors (Lipinski definition) is 3. The van der Waals surface area contributed by atoms with Gasteiger partial charge in [0.2, 0.25) is 0 Å². The van der Waals surface area contributed by atoms with Crippen LogP contribution in [0.1, 0.15) is 12.0 Å². The number of likely N-dealkylation sites (tertiary alicyclic amines) is 1. The molecule has 1 aliphatic rings. The Hall–Kier alpha value is -0.680. The third-order valence-corrected chi connectivity index (χ3v) is 3.66. The van der Waals surface area contributed by atoms with Crippen molar-refractivity contribution in [3.05, 3.63) is 34.9 Å². The fourth-order valence-electron chi connectivity index (χ4n) is 2.40. The van der Waals surface area contributed by atoms with Crippen LogP contribution in [0.3, 0.4) is 0 Å². The molecule has 5 heteroatoms. The quantitative estimate of drug-likeness (QED) is 0.815. The molecule has 2 rings (SSSR count). The largest absolute Gasteiger partial charge is 0.394 e. The van der Waals surface area contributed by atoms with Gasteiger partial charge in [-0.25, -0.2) is 4.39 Å². The van der Waals surface area contributed by atoms with Gasteiger partial charge in [-0.15, -0.1) is 0 Å². The second-order valence-electron chi connectivity index (χ2n) is 4.84. The number of aliphatic hydroxyl groups excluding tert-OH is 1. The van der Waals surface area contributed by atoms with Crippen LogP contribution in [0.5, 0.6) is 0 Å². The van der Waals surface area contributed by atoms with Crippen molar-refractivity contribution >= 4 is 11.6 Å². The lowest BCUT2D eigenvalue weighted by Gasteiger charge is -2.21. The van der Waals surface area contributed by atoms with Gasteiger partial charge in [-0.2, -0.15) is 0 Å².